The molecule has 0 aliphatic heterocycles. The lowest BCUT2D eigenvalue weighted by molar-refractivity contribution is 0.112. The van der Waals surface area contributed by atoms with E-state index in [2.05, 4.69) is 32.6 Å². The Hall–Kier alpha value is -0.640. The summed E-state index contributed by atoms with van der Waals surface area (Å²) in [7, 11) is 0. The van der Waals surface area contributed by atoms with Crippen molar-refractivity contribution >= 4 is 11.6 Å². The summed E-state index contributed by atoms with van der Waals surface area (Å²) in [5.74, 6) is 0.230. The maximum absolute atomic E-state index is 13.7. The Labute approximate surface area is 133 Å². The molecule has 1 rings (SSSR count). The third-order valence-electron chi connectivity index (χ3n) is 3.88. The van der Waals surface area contributed by atoms with Gasteiger partial charge in [-0.05, 0) is 42.5 Å². The fourth-order valence-electron chi connectivity index (χ4n) is 2.94. The highest BCUT2D eigenvalue weighted by Crippen LogP contribution is 2.28. The van der Waals surface area contributed by atoms with Gasteiger partial charge in [0.05, 0.1) is 0 Å². The number of benzene rings is 1. The van der Waals surface area contributed by atoms with Gasteiger partial charge >= 0.3 is 0 Å². The molecule has 21 heavy (non-hydrogen) atoms. The largest absolute Gasteiger partial charge is 0.329 e. The molecule has 0 heterocycles. The third-order valence-corrected chi connectivity index (χ3v) is 4.10. The Bertz CT molecular complexity index is 413. The monoisotopic (exact) mass is 314 g/mol. The van der Waals surface area contributed by atoms with Crippen molar-refractivity contribution in [3.63, 3.8) is 0 Å². The van der Waals surface area contributed by atoms with E-state index in [1.807, 2.05) is 6.07 Å². The molecule has 0 bridgehead atoms. The Morgan fingerprint density at radius 3 is 2.24 bits per heavy atom. The van der Waals surface area contributed by atoms with Crippen LogP contribution >= 0.6 is 11.6 Å². The van der Waals surface area contributed by atoms with Crippen molar-refractivity contribution in [2.75, 3.05) is 13.1 Å². The van der Waals surface area contributed by atoms with Crippen molar-refractivity contribution in [1.82, 2.24) is 4.90 Å². The lowest BCUT2D eigenvalue weighted by Crippen LogP contribution is -2.43. The van der Waals surface area contributed by atoms with Crippen molar-refractivity contribution < 1.29 is 4.39 Å². The summed E-state index contributed by atoms with van der Waals surface area (Å²) in [6, 6.07) is 5.17. The lowest BCUT2D eigenvalue weighted by Gasteiger charge is -2.38. The molecule has 1 aromatic carbocycles. The van der Waals surface area contributed by atoms with Gasteiger partial charge < -0.3 is 5.73 Å². The molecule has 2 N–H and O–H groups in total. The Kier molecular flexibility index (Phi) is 7.64. The molecule has 120 valence electrons. The Morgan fingerprint density at radius 1 is 1.19 bits per heavy atom. The van der Waals surface area contributed by atoms with Crippen LogP contribution in [0.3, 0.4) is 0 Å². The first-order valence-corrected chi connectivity index (χ1v) is 8.22. The van der Waals surface area contributed by atoms with Crippen molar-refractivity contribution in [1.29, 1.82) is 0 Å². The molecular weight excluding hydrogens is 287 g/mol. The fourth-order valence-corrected chi connectivity index (χ4v) is 3.17. The maximum atomic E-state index is 13.7. The molecule has 0 spiro atoms. The average Bonchev–Trinajstić information content (AvgIpc) is 2.39. The summed E-state index contributed by atoms with van der Waals surface area (Å²) >= 11 is 6.01. The smallest absolute Gasteiger partial charge is 0.125 e. The molecule has 2 nitrogen and oxygen atoms in total. The lowest BCUT2D eigenvalue weighted by atomic mass is 9.99. The van der Waals surface area contributed by atoms with Gasteiger partial charge in [0.25, 0.3) is 0 Å². The molecule has 4 heteroatoms. The highest BCUT2D eigenvalue weighted by atomic mass is 35.5. The van der Waals surface area contributed by atoms with E-state index in [1.165, 1.54) is 6.07 Å². The second kappa shape index (κ2) is 8.72. The summed E-state index contributed by atoms with van der Waals surface area (Å²) in [5.41, 5.74) is 6.89. The molecule has 0 saturated carbocycles. The molecule has 1 unspecified atom stereocenters. The highest BCUT2D eigenvalue weighted by molar-refractivity contribution is 6.30. The number of rotatable bonds is 8. The van der Waals surface area contributed by atoms with Gasteiger partial charge in [-0.25, -0.2) is 4.39 Å². The van der Waals surface area contributed by atoms with Crippen LogP contribution in [0.1, 0.15) is 52.1 Å². The zero-order chi connectivity index (χ0) is 16.0. The van der Waals surface area contributed by atoms with Crippen LogP contribution < -0.4 is 5.73 Å². The van der Waals surface area contributed by atoms with E-state index in [-0.39, 0.29) is 11.9 Å². The normalized spacial score (nSPS) is 13.4. The second-order valence-electron chi connectivity index (χ2n) is 6.02. The van der Waals surface area contributed by atoms with Crippen LogP contribution in [0.15, 0.2) is 18.2 Å². The van der Waals surface area contributed by atoms with E-state index in [1.54, 1.807) is 6.07 Å². The van der Waals surface area contributed by atoms with Crippen LogP contribution in [0.5, 0.6) is 0 Å². The molecule has 0 aliphatic rings. The SMILES string of the molecule is CCC(CC)N(CC(C)C)C(CN)c1cc(F)cc(Cl)c1. The molecule has 0 saturated heterocycles. The minimum Gasteiger partial charge on any atom is -0.329 e. The van der Waals surface area contributed by atoms with Gasteiger partial charge in [0.15, 0.2) is 0 Å². The first-order valence-electron chi connectivity index (χ1n) is 7.84. The average molecular weight is 315 g/mol. The minimum absolute atomic E-state index is 0.00509. The third kappa shape index (κ3) is 5.24. The summed E-state index contributed by atoms with van der Waals surface area (Å²) in [6.07, 6.45) is 2.12. The molecule has 0 fully saturated rings. The van der Waals surface area contributed by atoms with E-state index in [0.717, 1.165) is 24.9 Å². The van der Waals surface area contributed by atoms with Gasteiger partial charge in [-0.2, -0.15) is 0 Å². The second-order valence-corrected chi connectivity index (χ2v) is 6.45. The van der Waals surface area contributed by atoms with Crippen molar-refractivity contribution in [3.05, 3.63) is 34.6 Å². The topological polar surface area (TPSA) is 29.3 Å². The van der Waals surface area contributed by atoms with Gasteiger partial charge in [-0.15, -0.1) is 0 Å². The van der Waals surface area contributed by atoms with Gasteiger partial charge in [-0.1, -0.05) is 39.3 Å². The number of nitrogens with two attached hydrogens (primary N) is 1. The molecule has 0 aromatic heterocycles. The predicted molar refractivity (Wildman–Crippen MR) is 89.1 cm³/mol. The number of nitrogens with zero attached hydrogens (tertiary/aromatic N) is 1. The fraction of sp³-hybridized carbons (Fsp3) is 0.647. The summed E-state index contributed by atoms with van der Waals surface area (Å²) in [6.45, 7) is 10.2. The van der Waals surface area contributed by atoms with Crippen molar-refractivity contribution in [2.24, 2.45) is 11.7 Å². The van der Waals surface area contributed by atoms with E-state index in [4.69, 9.17) is 17.3 Å². The molecule has 0 amide bonds. The summed E-state index contributed by atoms with van der Waals surface area (Å²) < 4.78 is 13.7. The first-order chi connectivity index (χ1) is 9.92. The van der Waals surface area contributed by atoms with Crippen molar-refractivity contribution in [2.45, 2.75) is 52.6 Å². The van der Waals surface area contributed by atoms with Gasteiger partial charge in [0.2, 0.25) is 0 Å². The first kappa shape index (κ1) is 18.4. The molecule has 1 aromatic rings. The Balaban J connectivity index is 3.15. The van der Waals surface area contributed by atoms with Crippen LogP contribution in [0, 0.1) is 11.7 Å². The molecule has 0 radical (unpaired) electrons. The van der Waals surface area contributed by atoms with Gasteiger partial charge in [-0.3, -0.25) is 4.90 Å². The van der Waals surface area contributed by atoms with Crippen LogP contribution in [-0.2, 0) is 0 Å². The standard InChI is InChI=1S/C17H28ClFN2/c1-5-16(6-2)21(11-12(3)4)17(10-20)13-7-14(18)9-15(19)8-13/h7-9,12,16-17H,5-6,10-11,20H2,1-4H3. The van der Waals surface area contributed by atoms with Crippen LogP contribution in [0.4, 0.5) is 4.39 Å². The number of hydrogen-bond donors (Lipinski definition) is 1. The molecule has 1 atom stereocenters. The summed E-state index contributed by atoms with van der Waals surface area (Å²) in [4.78, 5) is 2.41. The molecule has 0 aliphatic carbocycles. The number of halogens is 2. The van der Waals surface area contributed by atoms with Gasteiger partial charge in [0, 0.05) is 30.2 Å². The number of hydrogen-bond acceptors (Lipinski definition) is 2. The minimum atomic E-state index is -0.301. The Morgan fingerprint density at radius 2 is 1.81 bits per heavy atom. The zero-order valence-corrected chi connectivity index (χ0v) is 14.3. The van der Waals surface area contributed by atoms with E-state index >= 15 is 0 Å². The zero-order valence-electron chi connectivity index (χ0n) is 13.6. The van der Waals surface area contributed by atoms with Crippen LogP contribution in [0.25, 0.3) is 0 Å². The van der Waals surface area contributed by atoms with Crippen LogP contribution in [-0.4, -0.2) is 24.0 Å². The molecular formula is C17H28ClFN2. The quantitative estimate of drug-likeness (QED) is 0.758. The predicted octanol–water partition coefficient (Wildman–Crippen LogP) is 4.63. The highest BCUT2D eigenvalue weighted by Gasteiger charge is 2.26. The van der Waals surface area contributed by atoms with Crippen LogP contribution in [0.2, 0.25) is 5.02 Å². The van der Waals surface area contributed by atoms with E-state index in [0.29, 0.717) is 23.5 Å². The van der Waals surface area contributed by atoms with E-state index in [9.17, 15) is 4.39 Å². The van der Waals surface area contributed by atoms with E-state index < -0.39 is 0 Å². The maximum Gasteiger partial charge on any atom is 0.125 e. The van der Waals surface area contributed by atoms with Crippen molar-refractivity contribution in [3.8, 4) is 0 Å². The summed E-state index contributed by atoms with van der Waals surface area (Å²) in [5, 5.41) is 0.428. The van der Waals surface area contributed by atoms with Gasteiger partial charge in [0.1, 0.15) is 5.82 Å².